The average Bonchev–Trinajstić information content (AvgIpc) is 2.75. The Balaban J connectivity index is 2.29. The van der Waals surface area contributed by atoms with Crippen molar-refractivity contribution in [3.8, 4) is 11.3 Å². The van der Waals surface area contributed by atoms with E-state index in [1.54, 1.807) is 36.1 Å². The van der Waals surface area contributed by atoms with Gasteiger partial charge in [-0.25, -0.2) is 10.5 Å². The Bertz CT molecular complexity index is 502. The van der Waals surface area contributed by atoms with E-state index >= 15 is 0 Å². The lowest BCUT2D eigenvalue weighted by Gasteiger charge is -2.00. The van der Waals surface area contributed by atoms with Crippen molar-refractivity contribution in [2.45, 2.75) is 0 Å². The van der Waals surface area contributed by atoms with E-state index in [-0.39, 0.29) is 0 Å². The van der Waals surface area contributed by atoms with E-state index in [9.17, 15) is 4.79 Å². The molecule has 5 heteroatoms. The van der Waals surface area contributed by atoms with Crippen LogP contribution in [0.3, 0.4) is 0 Å². The molecule has 0 aliphatic rings. The van der Waals surface area contributed by atoms with Crippen molar-refractivity contribution in [2.24, 2.45) is 7.05 Å². The molecule has 0 fully saturated rings. The first-order valence-electron chi connectivity index (χ1n) is 4.73. The molecule has 5 nitrogen and oxygen atoms in total. The number of hydrogen-bond acceptors (Lipinski definition) is 3. The first-order chi connectivity index (χ1) is 7.70. The van der Waals surface area contributed by atoms with Gasteiger partial charge in [0.05, 0.1) is 12.0 Å². The predicted octanol–water partition coefficient (Wildman–Crippen LogP) is 1.21. The van der Waals surface area contributed by atoms with E-state index in [0.29, 0.717) is 5.56 Å². The molecule has 0 atom stereocenters. The smallest absolute Gasteiger partial charge is 0.274 e. The summed E-state index contributed by atoms with van der Waals surface area (Å²) >= 11 is 0. The standard InChI is InChI=1S/C11H11N3O2/c1-14-6-10(12-7-14)8-2-4-9(5-3-8)11(15)13-16/h2-7,16H,1H3,(H,13,15). The lowest BCUT2D eigenvalue weighted by Crippen LogP contribution is -2.18. The maximum Gasteiger partial charge on any atom is 0.274 e. The minimum atomic E-state index is -0.521. The molecule has 0 bridgehead atoms. The van der Waals surface area contributed by atoms with Crippen LogP contribution in [0.1, 0.15) is 10.4 Å². The highest BCUT2D eigenvalue weighted by atomic mass is 16.5. The minimum absolute atomic E-state index is 0.405. The number of aromatic nitrogens is 2. The molecule has 0 saturated carbocycles. The van der Waals surface area contributed by atoms with Crippen molar-refractivity contribution in [3.05, 3.63) is 42.4 Å². The number of aryl methyl sites for hydroxylation is 1. The first-order valence-corrected chi connectivity index (χ1v) is 4.73. The van der Waals surface area contributed by atoms with Crippen LogP contribution < -0.4 is 5.48 Å². The van der Waals surface area contributed by atoms with Crippen LogP contribution in [0.2, 0.25) is 0 Å². The van der Waals surface area contributed by atoms with Gasteiger partial charge in [-0.3, -0.25) is 10.0 Å². The summed E-state index contributed by atoms with van der Waals surface area (Å²) < 4.78 is 1.85. The maximum absolute atomic E-state index is 11.1. The molecule has 2 aromatic rings. The lowest BCUT2D eigenvalue weighted by molar-refractivity contribution is 0.0706. The third-order valence-electron chi connectivity index (χ3n) is 2.25. The van der Waals surface area contributed by atoms with Gasteiger partial charge >= 0.3 is 0 Å². The second-order valence-corrected chi connectivity index (χ2v) is 3.44. The van der Waals surface area contributed by atoms with E-state index in [4.69, 9.17) is 5.21 Å². The second-order valence-electron chi connectivity index (χ2n) is 3.44. The van der Waals surface area contributed by atoms with Gasteiger partial charge < -0.3 is 4.57 Å². The number of hydroxylamine groups is 1. The molecule has 0 spiro atoms. The minimum Gasteiger partial charge on any atom is -0.340 e. The number of hydrogen-bond donors (Lipinski definition) is 2. The van der Waals surface area contributed by atoms with E-state index in [2.05, 4.69) is 4.98 Å². The number of carbonyl (C=O) groups excluding carboxylic acids is 1. The normalized spacial score (nSPS) is 10.1. The van der Waals surface area contributed by atoms with Crippen molar-refractivity contribution in [2.75, 3.05) is 0 Å². The van der Waals surface area contributed by atoms with Gasteiger partial charge in [-0.1, -0.05) is 12.1 Å². The number of amides is 1. The zero-order valence-corrected chi connectivity index (χ0v) is 8.71. The molecule has 2 N–H and O–H groups in total. The molecule has 1 amide bonds. The van der Waals surface area contributed by atoms with Crippen molar-refractivity contribution in [1.29, 1.82) is 0 Å². The molecule has 2 rings (SSSR count). The molecule has 16 heavy (non-hydrogen) atoms. The van der Waals surface area contributed by atoms with Gasteiger partial charge in [-0.15, -0.1) is 0 Å². The van der Waals surface area contributed by atoms with Gasteiger partial charge in [-0.2, -0.15) is 0 Å². The maximum atomic E-state index is 11.1. The Kier molecular flexibility index (Phi) is 2.70. The second kappa shape index (κ2) is 4.16. The van der Waals surface area contributed by atoms with Gasteiger partial charge in [0.25, 0.3) is 5.91 Å². The summed E-state index contributed by atoms with van der Waals surface area (Å²) in [5.41, 5.74) is 3.76. The van der Waals surface area contributed by atoms with Crippen LogP contribution in [0, 0.1) is 0 Å². The molecule has 0 radical (unpaired) electrons. The molecule has 1 aromatic heterocycles. The molecule has 82 valence electrons. The van der Waals surface area contributed by atoms with Crippen LogP contribution in [-0.4, -0.2) is 20.7 Å². The molecule has 0 aliphatic heterocycles. The summed E-state index contributed by atoms with van der Waals surface area (Å²) in [4.78, 5) is 15.3. The molecule has 1 heterocycles. The molecular weight excluding hydrogens is 206 g/mol. The van der Waals surface area contributed by atoms with Crippen molar-refractivity contribution < 1.29 is 10.0 Å². The Hall–Kier alpha value is -2.14. The Morgan fingerprint density at radius 1 is 1.38 bits per heavy atom. The van der Waals surface area contributed by atoms with Crippen molar-refractivity contribution >= 4 is 5.91 Å². The van der Waals surface area contributed by atoms with E-state index in [1.165, 1.54) is 0 Å². The number of carbonyl (C=O) groups is 1. The van der Waals surface area contributed by atoms with Crippen LogP contribution >= 0.6 is 0 Å². The third kappa shape index (κ3) is 1.94. The van der Waals surface area contributed by atoms with Crippen molar-refractivity contribution in [1.82, 2.24) is 15.0 Å². The quantitative estimate of drug-likeness (QED) is 0.586. The average molecular weight is 217 g/mol. The number of rotatable bonds is 2. The summed E-state index contributed by atoms with van der Waals surface area (Å²) in [5.74, 6) is -0.521. The molecule has 0 aliphatic carbocycles. The number of nitrogens with zero attached hydrogens (tertiary/aromatic N) is 2. The zero-order valence-electron chi connectivity index (χ0n) is 8.71. The van der Waals surface area contributed by atoms with Crippen molar-refractivity contribution in [3.63, 3.8) is 0 Å². The van der Waals surface area contributed by atoms with Gasteiger partial charge in [0.1, 0.15) is 0 Å². The lowest BCUT2D eigenvalue weighted by atomic mass is 10.1. The zero-order chi connectivity index (χ0) is 11.5. The van der Waals surface area contributed by atoms with Crippen LogP contribution in [0.5, 0.6) is 0 Å². The molecule has 0 saturated heterocycles. The highest BCUT2D eigenvalue weighted by Crippen LogP contribution is 2.17. The van der Waals surface area contributed by atoms with Gasteiger partial charge in [-0.05, 0) is 12.1 Å². The number of benzene rings is 1. The molecule has 0 unspecified atom stereocenters. The Labute approximate surface area is 92.3 Å². The summed E-state index contributed by atoms with van der Waals surface area (Å²) in [6, 6.07) is 6.84. The SMILES string of the molecule is Cn1cnc(-c2ccc(C(=O)NO)cc2)c1. The largest absolute Gasteiger partial charge is 0.340 e. The number of nitrogens with one attached hydrogen (secondary N) is 1. The fraction of sp³-hybridized carbons (Fsp3) is 0.0909. The van der Waals surface area contributed by atoms with Gasteiger partial charge in [0.2, 0.25) is 0 Å². The third-order valence-corrected chi connectivity index (χ3v) is 2.25. The van der Waals surface area contributed by atoms with E-state index < -0.39 is 5.91 Å². The monoisotopic (exact) mass is 217 g/mol. The van der Waals surface area contributed by atoms with Crippen LogP contribution in [0.4, 0.5) is 0 Å². The Morgan fingerprint density at radius 2 is 2.06 bits per heavy atom. The van der Waals surface area contributed by atoms with E-state index in [0.717, 1.165) is 11.3 Å². The summed E-state index contributed by atoms with van der Waals surface area (Å²) in [5, 5.41) is 8.46. The van der Waals surface area contributed by atoms with E-state index in [1.807, 2.05) is 17.8 Å². The van der Waals surface area contributed by atoms with Crippen LogP contribution in [-0.2, 0) is 7.05 Å². The fourth-order valence-electron chi connectivity index (χ4n) is 1.42. The molecular formula is C11H11N3O2. The summed E-state index contributed by atoms with van der Waals surface area (Å²) in [6.07, 6.45) is 3.60. The summed E-state index contributed by atoms with van der Waals surface area (Å²) in [7, 11) is 1.89. The fourth-order valence-corrected chi connectivity index (χ4v) is 1.42. The topological polar surface area (TPSA) is 67.2 Å². The molecule has 1 aromatic carbocycles. The van der Waals surface area contributed by atoms with Crippen LogP contribution in [0.25, 0.3) is 11.3 Å². The number of imidazole rings is 1. The Morgan fingerprint density at radius 3 is 2.56 bits per heavy atom. The van der Waals surface area contributed by atoms with Crippen LogP contribution in [0.15, 0.2) is 36.8 Å². The summed E-state index contributed by atoms with van der Waals surface area (Å²) in [6.45, 7) is 0. The van der Waals surface area contributed by atoms with Gasteiger partial charge in [0, 0.05) is 24.4 Å². The highest BCUT2D eigenvalue weighted by molar-refractivity contribution is 5.93. The predicted molar refractivity (Wildman–Crippen MR) is 57.9 cm³/mol. The highest BCUT2D eigenvalue weighted by Gasteiger charge is 2.05. The first kappa shape index (κ1) is 10.4. The van der Waals surface area contributed by atoms with Gasteiger partial charge in [0.15, 0.2) is 0 Å².